The summed E-state index contributed by atoms with van der Waals surface area (Å²) < 4.78 is 5.23. The molecule has 3 nitrogen and oxygen atoms in total. The smallest absolute Gasteiger partial charge is 0.119 e. The summed E-state index contributed by atoms with van der Waals surface area (Å²) >= 11 is 0. The fraction of sp³-hybridized carbons (Fsp3) is 0.571. The summed E-state index contributed by atoms with van der Waals surface area (Å²) in [6, 6.07) is 8.21. The highest BCUT2D eigenvalue weighted by atomic mass is 16.5. The summed E-state index contributed by atoms with van der Waals surface area (Å²) in [6.07, 6.45) is 2.35. The molecular formula is C14H21NO2. The number of piperidine rings is 1. The van der Waals surface area contributed by atoms with Gasteiger partial charge >= 0.3 is 0 Å². The van der Waals surface area contributed by atoms with Crippen molar-refractivity contribution in [3.8, 4) is 5.75 Å². The number of aliphatic hydroxyl groups is 1. The average Bonchev–Trinajstić information content (AvgIpc) is 2.39. The van der Waals surface area contributed by atoms with Gasteiger partial charge in [-0.25, -0.2) is 0 Å². The van der Waals surface area contributed by atoms with E-state index in [-0.39, 0.29) is 0 Å². The molecule has 1 aromatic carbocycles. The molecule has 1 aliphatic heterocycles. The predicted molar refractivity (Wildman–Crippen MR) is 68.1 cm³/mol. The van der Waals surface area contributed by atoms with Crippen LogP contribution in [-0.4, -0.2) is 36.8 Å². The van der Waals surface area contributed by atoms with Gasteiger partial charge in [0.1, 0.15) is 5.75 Å². The third-order valence-electron chi connectivity index (χ3n) is 3.40. The van der Waals surface area contributed by atoms with Crippen LogP contribution in [0.1, 0.15) is 18.4 Å². The van der Waals surface area contributed by atoms with E-state index in [0.717, 1.165) is 31.8 Å². The minimum atomic E-state index is 0.314. The monoisotopic (exact) mass is 235 g/mol. The Balaban J connectivity index is 1.95. The van der Waals surface area contributed by atoms with Crippen LogP contribution in [0, 0.1) is 5.92 Å². The Morgan fingerprint density at radius 2 is 2.35 bits per heavy atom. The van der Waals surface area contributed by atoms with Gasteiger partial charge in [-0.3, -0.25) is 4.90 Å². The molecule has 0 aromatic heterocycles. The molecule has 1 fully saturated rings. The van der Waals surface area contributed by atoms with Gasteiger partial charge in [0.25, 0.3) is 0 Å². The van der Waals surface area contributed by atoms with Gasteiger partial charge in [-0.1, -0.05) is 12.1 Å². The van der Waals surface area contributed by atoms with Crippen molar-refractivity contribution in [2.24, 2.45) is 5.92 Å². The van der Waals surface area contributed by atoms with Crippen molar-refractivity contribution in [3.63, 3.8) is 0 Å². The number of nitrogens with zero attached hydrogens (tertiary/aromatic N) is 1. The molecule has 0 radical (unpaired) electrons. The van der Waals surface area contributed by atoms with Gasteiger partial charge in [-0.15, -0.1) is 0 Å². The Morgan fingerprint density at radius 3 is 3.12 bits per heavy atom. The van der Waals surface area contributed by atoms with Crippen LogP contribution in [0.15, 0.2) is 24.3 Å². The Kier molecular flexibility index (Phi) is 4.40. The molecule has 1 saturated heterocycles. The molecule has 0 aliphatic carbocycles. The second kappa shape index (κ2) is 6.03. The van der Waals surface area contributed by atoms with Gasteiger partial charge in [-0.05, 0) is 43.0 Å². The number of hydrogen-bond acceptors (Lipinski definition) is 3. The molecule has 1 aromatic rings. The van der Waals surface area contributed by atoms with Gasteiger partial charge < -0.3 is 9.84 Å². The highest BCUT2D eigenvalue weighted by Crippen LogP contribution is 2.19. The first-order valence-electron chi connectivity index (χ1n) is 6.28. The summed E-state index contributed by atoms with van der Waals surface area (Å²) in [7, 11) is 1.70. The van der Waals surface area contributed by atoms with E-state index < -0.39 is 0 Å². The molecule has 1 atom stereocenters. The van der Waals surface area contributed by atoms with Gasteiger partial charge in [0.15, 0.2) is 0 Å². The van der Waals surface area contributed by atoms with E-state index in [2.05, 4.69) is 17.0 Å². The number of rotatable bonds is 4. The van der Waals surface area contributed by atoms with Crippen LogP contribution < -0.4 is 4.74 Å². The van der Waals surface area contributed by atoms with Crippen LogP contribution in [-0.2, 0) is 6.54 Å². The van der Waals surface area contributed by atoms with E-state index in [4.69, 9.17) is 4.74 Å². The van der Waals surface area contributed by atoms with E-state index in [0.29, 0.717) is 12.5 Å². The Labute approximate surface area is 103 Å². The molecule has 0 amide bonds. The number of benzene rings is 1. The van der Waals surface area contributed by atoms with Crippen LogP contribution in [0.4, 0.5) is 0 Å². The second-order valence-corrected chi connectivity index (χ2v) is 4.78. The summed E-state index contributed by atoms with van der Waals surface area (Å²) in [5, 5.41) is 9.21. The summed E-state index contributed by atoms with van der Waals surface area (Å²) in [5.41, 5.74) is 1.28. The third kappa shape index (κ3) is 3.45. The molecule has 1 unspecified atom stereocenters. The van der Waals surface area contributed by atoms with Crippen LogP contribution in [0.5, 0.6) is 5.75 Å². The number of hydrogen-bond donors (Lipinski definition) is 1. The Bertz CT molecular complexity index is 354. The highest BCUT2D eigenvalue weighted by molar-refractivity contribution is 5.28. The quantitative estimate of drug-likeness (QED) is 0.865. The molecular weight excluding hydrogens is 214 g/mol. The second-order valence-electron chi connectivity index (χ2n) is 4.78. The van der Waals surface area contributed by atoms with E-state index in [1.54, 1.807) is 7.11 Å². The van der Waals surface area contributed by atoms with E-state index in [9.17, 15) is 5.11 Å². The normalized spacial score (nSPS) is 21.4. The molecule has 2 rings (SSSR count). The number of methoxy groups -OCH3 is 1. The predicted octanol–water partition coefficient (Wildman–Crippen LogP) is 1.90. The SMILES string of the molecule is COc1cccc(CN2CCCC(CO)C2)c1. The fourth-order valence-electron chi connectivity index (χ4n) is 2.47. The number of aliphatic hydroxyl groups excluding tert-OH is 1. The molecule has 0 spiro atoms. The van der Waals surface area contributed by atoms with Gasteiger partial charge in [0, 0.05) is 19.7 Å². The average molecular weight is 235 g/mol. The summed E-state index contributed by atoms with van der Waals surface area (Å²) in [5.74, 6) is 1.37. The highest BCUT2D eigenvalue weighted by Gasteiger charge is 2.19. The first kappa shape index (κ1) is 12.4. The molecule has 17 heavy (non-hydrogen) atoms. The Hall–Kier alpha value is -1.06. The van der Waals surface area contributed by atoms with Crippen molar-refractivity contribution in [2.75, 3.05) is 26.8 Å². The molecule has 0 saturated carbocycles. The zero-order valence-corrected chi connectivity index (χ0v) is 10.4. The largest absolute Gasteiger partial charge is 0.497 e. The standard InChI is InChI=1S/C14H21NO2/c1-17-14-6-2-4-12(8-14)9-15-7-3-5-13(10-15)11-16/h2,4,6,8,13,16H,3,5,7,9-11H2,1H3. The maximum Gasteiger partial charge on any atom is 0.119 e. The first-order chi connectivity index (χ1) is 8.31. The maximum absolute atomic E-state index is 9.21. The van der Waals surface area contributed by atoms with Gasteiger partial charge in [-0.2, -0.15) is 0 Å². The lowest BCUT2D eigenvalue weighted by atomic mass is 9.98. The van der Waals surface area contributed by atoms with Crippen LogP contribution >= 0.6 is 0 Å². The van der Waals surface area contributed by atoms with Gasteiger partial charge in [0.05, 0.1) is 7.11 Å². The van der Waals surface area contributed by atoms with Crippen molar-refractivity contribution in [1.82, 2.24) is 4.90 Å². The molecule has 1 aliphatic rings. The molecule has 0 bridgehead atoms. The lowest BCUT2D eigenvalue weighted by molar-refractivity contribution is 0.116. The van der Waals surface area contributed by atoms with E-state index >= 15 is 0 Å². The zero-order chi connectivity index (χ0) is 12.1. The zero-order valence-electron chi connectivity index (χ0n) is 10.4. The van der Waals surface area contributed by atoms with Crippen molar-refractivity contribution in [1.29, 1.82) is 0 Å². The lowest BCUT2D eigenvalue weighted by Gasteiger charge is -2.31. The van der Waals surface area contributed by atoms with Crippen molar-refractivity contribution >= 4 is 0 Å². The lowest BCUT2D eigenvalue weighted by Crippen LogP contribution is -2.36. The first-order valence-corrected chi connectivity index (χ1v) is 6.28. The fourth-order valence-corrected chi connectivity index (χ4v) is 2.47. The maximum atomic E-state index is 9.21. The third-order valence-corrected chi connectivity index (χ3v) is 3.40. The molecule has 1 N–H and O–H groups in total. The van der Waals surface area contributed by atoms with Crippen LogP contribution in [0.3, 0.4) is 0 Å². The number of ether oxygens (including phenoxy) is 1. The molecule has 3 heteroatoms. The van der Waals surface area contributed by atoms with Crippen LogP contribution in [0.2, 0.25) is 0 Å². The minimum Gasteiger partial charge on any atom is -0.497 e. The van der Waals surface area contributed by atoms with E-state index in [1.165, 1.54) is 12.0 Å². The van der Waals surface area contributed by atoms with Crippen molar-refractivity contribution < 1.29 is 9.84 Å². The molecule has 1 heterocycles. The van der Waals surface area contributed by atoms with Crippen molar-refractivity contribution in [2.45, 2.75) is 19.4 Å². The van der Waals surface area contributed by atoms with Crippen LogP contribution in [0.25, 0.3) is 0 Å². The van der Waals surface area contributed by atoms with Crippen molar-refractivity contribution in [3.05, 3.63) is 29.8 Å². The minimum absolute atomic E-state index is 0.314. The molecule has 94 valence electrons. The van der Waals surface area contributed by atoms with E-state index in [1.807, 2.05) is 12.1 Å². The topological polar surface area (TPSA) is 32.7 Å². The number of likely N-dealkylation sites (tertiary alicyclic amines) is 1. The summed E-state index contributed by atoms with van der Waals surface area (Å²) in [6.45, 7) is 3.41. The van der Waals surface area contributed by atoms with Gasteiger partial charge in [0.2, 0.25) is 0 Å². The summed E-state index contributed by atoms with van der Waals surface area (Å²) in [4.78, 5) is 2.42. The Morgan fingerprint density at radius 1 is 1.47 bits per heavy atom.